The van der Waals surface area contributed by atoms with Gasteiger partial charge < -0.3 is 9.84 Å². The Kier molecular flexibility index (Phi) is 4.04. The van der Waals surface area contributed by atoms with Crippen LogP contribution in [0, 0.1) is 11.8 Å². The molecule has 1 N–H and O–H groups in total. The smallest absolute Gasteiger partial charge is 0.310 e. The van der Waals surface area contributed by atoms with Gasteiger partial charge in [0.2, 0.25) is 0 Å². The third-order valence-corrected chi connectivity index (χ3v) is 5.01. The summed E-state index contributed by atoms with van der Waals surface area (Å²) >= 11 is 0. The quantitative estimate of drug-likeness (QED) is 0.851. The Morgan fingerprint density at radius 1 is 1.58 bits per heavy atom. The van der Waals surface area contributed by atoms with E-state index in [9.17, 15) is 18.3 Å². The number of hydrogen-bond donors (Lipinski definition) is 1. The maximum atomic E-state index is 11.4. The van der Waals surface area contributed by atoms with Gasteiger partial charge in [0.1, 0.15) is 12.4 Å². The highest BCUT2D eigenvalue weighted by Crippen LogP contribution is 2.27. The van der Waals surface area contributed by atoms with Gasteiger partial charge in [-0.05, 0) is 24.5 Å². The van der Waals surface area contributed by atoms with Gasteiger partial charge in [-0.1, -0.05) is 0 Å². The zero-order valence-corrected chi connectivity index (χ0v) is 11.0. The first-order chi connectivity index (χ1) is 8.98. The predicted molar refractivity (Wildman–Crippen MR) is 67.6 cm³/mol. The maximum Gasteiger partial charge on any atom is 0.310 e. The van der Waals surface area contributed by atoms with Gasteiger partial charge in [0.25, 0.3) is 0 Å². The number of nitrogens with zero attached hydrogens (tertiary/aromatic N) is 1. The molecular weight excluding hydrogens is 270 g/mol. The second-order valence-electron chi connectivity index (χ2n) is 4.61. The molecule has 1 aromatic rings. The summed E-state index contributed by atoms with van der Waals surface area (Å²) in [5.74, 6) is -1.73. The van der Waals surface area contributed by atoms with Crippen LogP contribution >= 0.6 is 0 Å². The highest BCUT2D eigenvalue weighted by atomic mass is 32.2. The first-order valence-corrected chi connectivity index (χ1v) is 7.76. The second kappa shape index (κ2) is 5.56. The van der Waals surface area contributed by atoms with Crippen LogP contribution in [0.3, 0.4) is 0 Å². The molecule has 1 aliphatic rings. The van der Waals surface area contributed by atoms with Crippen molar-refractivity contribution in [3.8, 4) is 5.75 Å². The Morgan fingerprint density at radius 3 is 2.89 bits per heavy atom. The Morgan fingerprint density at radius 2 is 2.37 bits per heavy atom. The van der Waals surface area contributed by atoms with E-state index in [0.29, 0.717) is 12.2 Å². The van der Waals surface area contributed by atoms with E-state index in [2.05, 4.69) is 4.98 Å². The molecule has 0 amide bonds. The van der Waals surface area contributed by atoms with Gasteiger partial charge in [-0.2, -0.15) is 0 Å². The third kappa shape index (κ3) is 3.66. The Hall–Kier alpha value is -1.63. The fourth-order valence-electron chi connectivity index (χ4n) is 2.17. The van der Waals surface area contributed by atoms with E-state index in [1.54, 1.807) is 18.3 Å². The van der Waals surface area contributed by atoms with Crippen molar-refractivity contribution < 1.29 is 23.1 Å². The molecule has 2 unspecified atom stereocenters. The zero-order chi connectivity index (χ0) is 13.9. The van der Waals surface area contributed by atoms with Crippen LogP contribution in [-0.2, 0) is 14.6 Å². The molecular formula is C12H15NO5S. The van der Waals surface area contributed by atoms with Crippen LogP contribution in [-0.4, -0.2) is 42.6 Å². The van der Waals surface area contributed by atoms with Crippen LogP contribution < -0.4 is 4.74 Å². The summed E-state index contributed by atoms with van der Waals surface area (Å²) in [6, 6.07) is 3.36. The molecule has 0 aromatic carbocycles. The number of ether oxygens (including phenoxy) is 1. The molecule has 0 saturated carbocycles. The van der Waals surface area contributed by atoms with Gasteiger partial charge in [0.15, 0.2) is 9.84 Å². The summed E-state index contributed by atoms with van der Waals surface area (Å²) in [5.41, 5.74) is 0. The number of aliphatic carboxylic acids is 1. The SMILES string of the molecule is O=C(O)C(COc1cccnc1)C1CCS(=O)(=O)C1. The summed E-state index contributed by atoms with van der Waals surface area (Å²) in [6.45, 7) is -0.0405. The fraction of sp³-hybridized carbons (Fsp3) is 0.500. The summed E-state index contributed by atoms with van der Waals surface area (Å²) < 4.78 is 28.2. The second-order valence-corrected chi connectivity index (χ2v) is 6.84. The van der Waals surface area contributed by atoms with Gasteiger partial charge in [-0.3, -0.25) is 9.78 Å². The third-order valence-electron chi connectivity index (χ3n) is 3.22. The largest absolute Gasteiger partial charge is 0.491 e. The van der Waals surface area contributed by atoms with Crippen molar-refractivity contribution in [3.05, 3.63) is 24.5 Å². The summed E-state index contributed by atoms with van der Waals surface area (Å²) in [6.07, 6.45) is 3.46. The minimum atomic E-state index is -3.09. The molecule has 7 heteroatoms. The van der Waals surface area contributed by atoms with Crippen molar-refractivity contribution in [3.63, 3.8) is 0 Å². The van der Waals surface area contributed by atoms with Crippen LogP contribution in [0.5, 0.6) is 5.75 Å². The standard InChI is InChI=1S/C12H15NO5S/c14-12(15)11(9-3-5-19(16,17)8-9)7-18-10-2-1-4-13-6-10/h1-2,4,6,9,11H,3,5,7-8H2,(H,14,15). The lowest BCUT2D eigenvalue weighted by molar-refractivity contribution is -0.144. The number of carboxylic acids is 1. The molecule has 2 rings (SSSR count). The molecule has 19 heavy (non-hydrogen) atoms. The molecule has 1 saturated heterocycles. The van der Waals surface area contributed by atoms with E-state index in [-0.39, 0.29) is 24.0 Å². The van der Waals surface area contributed by atoms with Crippen LogP contribution in [0.25, 0.3) is 0 Å². The van der Waals surface area contributed by atoms with Gasteiger partial charge in [-0.25, -0.2) is 8.42 Å². The number of sulfone groups is 1. The molecule has 1 aromatic heterocycles. The number of rotatable bonds is 5. The lowest BCUT2D eigenvalue weighted by Crippen LogP contribution is -2.30. The highest BCUT2D eigenvalue weighted by Gasteiger charge is 2.37. The zero-order valence-electron chi connectivity index (χ0n) is 10.2. The van der Waals surface area contributed by atoms with Crippen molar-refractivity contribution in [2.24, 2.45) is 11.8 Å². The van der Waals surface area contributed by atoms with E-state index >= 15 is 0 Å². The van der Waals surface area contributed by atoms with E-state index in [4.69, 9.17) is 4.74 Å². The minimum Gasteiger partial charge on any atom is -0.491 e. The van der Waals surface area contributed by atoms with Gasteiger partial charge in [0, 0.05) is 6.20 Å². The van der Waals surface area contributed by atoms with Crippen molar-refractivity contribution in [1.82, 2.24) is 4.98 Å². The molecule has 0 radical (unpaired) electrons. The van der Waals surface area contributed by atoms with Crippen molar-refractivity contribution >= 4 is 15.8 Å². The van der Waals surface area contributed by atoms with Gasteiger partial charge in [-0.15, -0.1) is 0 Å². The van der Waals surface area contributed by atoms with E-state index in [1.165, 1.54) is 6.20 Å². The fourth-order valence-corrected chi connectivity index (χ4v) is 4.05. The van der Waals surface area contributed by atoms with Crippen LogP contribution in [0.1, 0.15) is 6.42 Å². The van der Waals surface area contributed by atoms with E-state index < -0.39 is 21.7 Å². The lowest BCUT2D eigenvalue weighted by atomic mass is 9.93. The van der Waals surface area contributed by atoms with E-state index in [0.717, 1.165) is 0 Å². The summed E-state index contributed by atoms with van der Waals surface area (Å²) in [7, 11) is -3.09. The monoisotopic (exact) mass is 285 g/mol. The molecule has 2 atom stereocenters. The van der Waals surface area contributed by atoms with Gasteiger partial charge >= 0.3 is 5.97 Å². The number of pyridine rings is 1. The Labute approximate surface area is 111 Å². The van der Waals surface area contributed by atoms with Crippen LogP contribution in [0.4, 0.5) is 0 Å². The first kappa shape index (κ1) is 13.8. The molecule has 1 fully saturated rings. The normalized spacial score (nSPS) is 22.8. The van der Waals surface area contributed by atoms with Crippen molar-refractivity contribution in [1.29, 1.82) is 0 Å². The minimum absolute atomic E-state index is 0.0405. The van der Waals surface area contributed by atoms with Crippen molar-refractivity contribution in [2.45, 2.75) is 6.42 Å². The molecule has 1 aliphatic heterocycles. The van der Waals surface area contributed by atoms with E-state index in [1.807, 2.05) is 0 Å². The highest BCUT2D eigenvalue weighted by molar-refractivity contribution is 7.91. The molecule has 6 nitrogen and oxygen atoms in total. The Balaban J connectivity index is 2.00. The average Bonchev–Trinajstić information content (AvgIpc) is 2.71. The molecule has 0 spiro atoms. The summed E-state index contributed by atoms with van der Waals surface area (Å²) in [4.78, 5) is 15.1. The maximum absolute atomic E-state index is 11.4. The van der Waals surface area contributed by atoms with Crippen LogP contribution in [0.15, 0.2) is 24.5 Å². The first-order valence-electron chi connectivity index (χ1n) is 5.94. The number of aromatic nitrogens is 1. The van der Waals surface area contributed by atoms with Crippen LogP contribution in [0.2, 0.25) is 0 Å². The number of carboxylic acid groups (broad SMARTS) is 1. The topological polar surface area (TPSA) is 93.6 Å². The van der Waals surface area contributed by atoms with Gasteiger partial charge in [0.05, 0.1) is 23.6 Å². The summed E-state index contributed by atoms with van der Waals surface area (Å²) in [5, 5.41) is 9.19. The van der Waals surface area contributed by atoms with Crippen molar-refractivity contribution in [2.75, 3.05) is 18.1 Å². The average molecular weight is 285 g/mol. The lowest BCUT2D eigenvalue weighted by Gasteiger charge is -2.18. The predicted octanol–water partition coefficient (Wildman–Crippen LogP) is 0.596. The molecule has 104 valence electrons. The molecule has 0 aliphatic carbocycles. The Bertz CT molecular complexity index is 542. The molecule has 2 heterocycles. The number of hydrogen-bond acceptors (Lipinski definition) is 5. The number of carbonyl (C=O) groups is 1. The molecule has 0 bridgehead atoms.